The lowest BCUT2D eigenvalue weighted by molar-refractivity contribution is -0.121. The molecule has 0 spiro atoms. The molecule has 2 aromatic rings. The van der Waals surface area contributed by atoms with Gasteiger partial charge in [0.25, 0.3) is 0 Å². The van der Waals surface area contributed by atoms with Crippen LogP contribution in [0.25, 0.3) is 0 Å². The third-order valence-corrected chi connectivity index (χ3v) is 5.03. The maximum atomic E-state index is 11.6. The molecule has 1 amide bonds. The largest absolute Gasteiger partial charge is 0.351 e. The third-order valence-electron chi connectivity index (χ3n) is 2.50. The van der Waals surface area contributed by atoms with Gasteiger partial charge in [0.15, 0.2) is 0 Å². The fourth-order valence-electron chi connectivity index (χ4n) is 1.53. The van der Waals surface area contributed by atoms with E-state index in [-0.39, 0.29) is 16.7 Å². The lowest BCUT2D eigenvalue weighted by Gasteiger charge is -2.03. The van der Waals surface area contributed by atoms with Crippen LogP contribution in [0.4, 0.5) is 0 Å². The van der Waals surface area contributed by atoms with Gasteiger partial charge in [0.05, 0.1) is 6.54 Å². The van der Waals surface area contributed by atoms with Crippen LogP contribution in [0.5, 0.6) is 0 Å². The second kappa shape index (κ2) is 6.16. The number of aromatic nitrogens is 2. The van der Waals surface area contributed by atoms with Crippen molar-refractivity contribution in [1.82, 2.24) is 15.1 Å². The van der Waals surface area contributed by atoms with E-state index in [0.29, 0.717) is 13.0 Å². The van der Waals surface area contributed by atoms with Gasteiger partial charge in [-0.1, -0.05) is 0 Å². The molecule has 20 heavy (non-hydrogen) atoms. The Morgan fingerprint density at radius 1 is 1.45 bits per heavy atom. The summed E-state index contributed by atoms with van der Waals surface area (Å²) in [4.78, 5) is 12.4. The Bertz CT molecular complexity index is 676. The molecule has 0 atom stereocenters. The lowest BCUT2D eigenvalue weighted by atomic mass is 10.4. The molecule has 0 radical (unpaired) electrons. The van der Waals surface area contributed by atoms with Gasteiger partial charge in [-0.25, -0.2) is 13.6 Å². The predicted octanol–water partition coefficient (Wildman–Crippen LogP) is 0.298. The number of nitrogens with two attached hydrogens (primary N) is 1. The fourth-order valence-corrected chi connectivity index (χ4v) is 3.25. The summed E-state index contributed by atoms with van der Waals surface area (Å²) in [7, 11) is -3.67. The Morgan fingerprint density at radius 3 is 2.85 bits per heavy atom. The number of hydrogen-bond donors (Lipinski definition) is 2. The number of primary sulfonamides is 1. The van der Waals surface area contributed by atoms with Crippen LogP contribution in [-0.2, 0) is 27.9 Å². The minimum atomic E-state index is -3.67. The molecule has 7 nitrogen and oxygen atoms in total. The van der Waals surface area contributed by atoms with Crippen LogP contribution < -0.4 is 10.5 Å². The highest BCUT2D eigenvalue weighted by molar-refractivity contribution is 7.91. The van der Waals surface area contributed by atoms with E-state index in [9.17, 15) is 13.2 Å². The number of carbonyl (C=O) groups excluding carboxylic acids is 1. The molecular weight excluding hydrogens is 300 g/mol. The van der Waals surface area contributed by atoms with Crippen LogP contribution in [0, 0.1) is 0 Å². The summed E-state index contributed by atoms with van der Waals surface area (Å²) in [6.07, 6.45) is 3.75. The third kappa shape index (κ3) is 4.15. The Hall–Kier alpha value is -1.71. The highest BCUT2D eigenvalue weighted by Crippen LogP contribution is 2.19. The lowest BCUT2D eigenvalue weighted by Crippen LogP contribution is -2.23. The van der Waals surface area contributed by atoms with Crippen molar-refractivity contribution in [2.24, 2.45) is 5.14 Å². The molecule has 0 aliphatic heterocycles. The molecule has 3 N–H and O–H groups in total. The van der Waals surface area contributed by atoms with Gasteiger partial charge in [0, 0.05) is 30.2 Å². The van der Waals surface area contributed by atoms with Crippen molar-refractivity contribution in [3.8, 4) is 0 Å². The molecule has 2 aromatic heterocycles. The van der Waals surface area contributed by atoms with E-state index >= 15 is 0 Å². The van der Waals surface area contributed by atoms with Gasteiger partial charge in [-0.05, 0) is 18.2 Å². The van der Waals surface area contributed by atoms with E-state index in [0.717, 1.165) is 16.2 Å². The standard InChI is InChI=1S/C11H14N4O3S2/c12-20(17,18)11-3-2-9(19-11)8-13-10(16)4-7-15-6-1-5-14-15/h1-3,5-6H,4,7-8H2,(H,13,16)(H2,12,17,18). The molecule has 0 aromatic carbocycles. The number of nitrogens with one attached hydrogen (secondary N) is 1. The van der Waals surface area contributed by atoms with Gasteiger partial charge < -0.3 is 5.32 Å². The first kappa shape index (κ1) is 14.7. The van der Waals surface area contributed by atoms with Crippen LogP contribution in [0.3, 0.4) is 0 Å². The molecule has 2 rings (SSSR count). The summed E-state index contributed by atoms with van der Waals surface area (Å²) < 4.78 is 24.0. The second-order valence-electron chi connectivity index (χ2n) is 4.06. The van der Waals surface area contributed by atoms with Gasteiger partial charge in [0.2, 0.25) is 15.9 Å². The monoisotopic (exact) mass is 314 g/mol. The zero-order chi connectivity index (χ0) is 14.6. The van der Waals surface area contributed by atoms with E-state index in [4.69, 9.17) is 5.14 Å². The van der Waals surface area contributed by atoms with Gasteiger partial charge in [-0.3, -0.25) is 9.48 Å². The van der Waals surface area contributed by atoms with E-state index < -0.39 is 10.0 Å². The molecule has 9 heteroatoms. The van der Waals surface area contributed by atoms with E-state index in [1.165, 1.54) is 6.07 Å². The Balaban J connectivity index is 1.80. The average molecular weight is 314 g/mol. The van der Waals surface area contributed by atoms with Gasteiger partial charge in [0.1, 0.15) is 4.21 Å². The van der Waals surface area contributed by atoms with Crippen molar-refractivity contribution >= 4 is 27.3 Å². The molecule has 0 unspecified atom stereocenters. The smallest absolute Gasteiger partial charge is 0.247 e. The maximum Gasteiger partial charge on any atom is 0.247 e. The molecule has 0 aliphatic carbocycles. The van der Waals surface area contributed by atoms with Crippen LogP contribution in [0.15, 0.2) is 34.8 Å². The minimum absolute atomic E-state index is 0.0956. The zero-order valence-electron chi connectivity index (χ0n) is 10.5. The summed E-state index contributed by atoms with van der Waals surface area (Å²) >= 11 is 1.05. The van der Waals surface area contributed by atoms with Gasteiger partial charge >= 0.3 is 0 Å². The van der Waals surface area contributed by atoms with Crippen molar-refractivity contribution in [2.75, 3.05) is 0 Å². The summed E-state index contributed by atoms with van der Waals surface area (Å²) in [5, 5.41) is 11.7. The number of nitrogens with zero attached hydrogens (tertiary/aromatic N) is 2. The zero-order valence-corrected chi connectivity index (χ0v) is 12.2. The number of thiophene rings is 1. The number of sulfonamides is 1. The summed E-state index contributed by atoms with van der Waals surface area (Å²) in [5.74, 6) is -0.119. The average Bonchev–Trinajstić information content (AvgIpc) is 3.04. The molecular formula is C11H14N4O3S2. The quantitative estimate of drug-likeness (QED) is 0.799. The Kier molecular flexibility index (Phi) is 4.53. The van der Waals surface area contributed by atoms with Crippen molar-refractivity contribution in [1.29, 1.82) is 0 Å². The van der Waals surface area contributed by atoms with E-state index in [1.807, 2.05) is 0 Å². The van der Waals surface area contributed by atoms with Crippen molar-refractivity contribution in [3.05, 3.63) is 35.5 Å². The SMILES string of the molecule is NS(=O)(=O)c1ccc(CNC(=O)CCn2cccn2)s1. The molecule has 108 valence electrons. The van der Waals surface area contributed by atoms with Crippen molar-refractivity contribution < 1.29 is 13.2 Å². The summed E-state index contributed by atoms with van der Waals surface area (Å²) in [5.41, 5.74) is 0. The van der Waals surface area contributed by atoms with Gasteiger partial charge in [-0.15, -0.1) is 11.3 Å². The normalized spacial score (nSPS) is 11.4. The molecule has 0 bridgehead atoms. The summed E-state index contributed by atoms with van der Waals surface area (Å²) in [6.45, 7) is 0.795. The van der Waals surface area contributed by atoms with Crippen molar-refractivity contribution in [2.45, 2.75) is 23.7 Å². The number of aryl methyl sites for hydroxylation is 1. The first-order valence-electron chi connectivity index (χ1n) is 5.81. The minimum Gasteiger partial charge on any atom is -0.351 e. The highest BCUT2D eigenvalue weighted by Gasteiger charge is 2.11. The Labute approximate surface area is 120 Å². The molecule has 0 saturated carbocycles. The number of amides is 1. The van der Waals surface area contributed by atoms with Gasteiger partial charge in [-0.2, -0.15) is 5.10 Å². The fraction of sp³-hybridized carbons (Fsp3) is 0.273. The number of carbonyl (C=O) groups is 1. The predicted molar refractivity (Wildman–Crippen MR) is 74.4 cm³/mol. The van der Waals surface area contributed by atoms with E-state index in [1.54, 1.807) is 29.2 Å². The van der Waals surface area contributed by atoms with Crippen LogP contribution in [0.1, 0.15) is 11.3 Å². The van der Waals surface area contributed by atoms with E-state index in [2.05, 4.69) is 10.4 Å². The summed E-state index contributed by atoms with van der Waals surface area (Å²) in [6, 6.07) is 4.86. The van der Waals surface area contributed by atoms with Crippen LogP contribution in [-0.4, -0.2) is 24.1 Å². The second-order valence-corrected chi connectivity index (χ2v) is 7.02. The number of hydrogen-bond acceptors (Lipinski definition) is 5. The Morgan fingerprint density at radius 2 is 2.25 bits per heavy atom. The molecule has 0 aliphatic rings. The molecule has 0 fully saturated rings. The molecule has 2 heterocycles. The topological polar surface area (TPSA) is 107 Å². The molecule has 0 saturated heterocycles. The first-order chi connectivity index (χ1) is 9.45. The maximum absolute atomic E-state index is 11.6. The van der Waals surface area contributed by atoms with Crippen LogP contribution >= 0.6 is 11.3 Å². The van der Waals surface area contributed by atoms with Crippen LogP contribution in [0.2, 0.25) is 0 Å². The first-order valence-corrected chi connectivity index (χ1v) is 8.17. The number of rotatable bonds is 6. The van der Waals surface area contributed by atoms with Crippen molar-refractivity contribution in [3.63, 3.8) is 0 Å². The highest BCUT2D eigenvalue weighted by atomic mass is 32.2.